The van der Waals surface area contributed by atoms with Crippen LogP contribution in [0.4, 0.5) is 0 Å². The highest BCUT2D eigenvalue weighted by molar-refractivity contribution is 5.27. The molecule has 6 nitrogen and oxygen atoms in total. The fourth-order valence-electron chi connectivity index (χ4n) is 2.07. The van der Waals surface area contributed by atoms with Crippen molar-refractivity contribution in [1.29, 1.82) is 0 Å². The van der Waals surface area contributed by atoms with E-state index in [9.17, 15) is 0 Å². The Balaban J connectivity index is 1.91. The molecule has 0 bridgehead atoms. The van der Waals surface area contributed by atoms with E-state index in [1.165, 1.54) is 5.56 Å². The molecular formula is C14H21N5O. The van der Waals surface area contributed by atoms with Gasteiger partial charge in [-0.05, 0) is 31.5 Å². The molecule has 0 saturated carbocycles. The van der Waals surface area contributed by atoms with E-state index in [0.29, 0.717) is 6.61 Å². The number of nitrogens with one attached hydrogen (secondary N) is 1. The van der Waals surface area contributed by atoms with Crippen molar-refractivity contribution in [3.63, 3.8) is 0 Å². The Kier molecular flexibility index (Phi) is 5.09. The number of hydrogen-bond donors (Lipinski definition) is 2. The summed E-state index contributed by atoms with van der Waals surface area (Å²) in [4.78, 5) is 4.25. The van der Waals surface area contributed by atoms with E-state index in [-0.39, 0.29) is 6.04 Å². The lowest BCUT2D eigenvalue weighted by molar-refractivity contribution is 0.281. The lowest BCUT2D eigenvalue weighted by atomic mass is 10.2. The molecule has 0 fully saturated rings. The molecule has 0 amide bonds. The van der Waals surface area contributed by atoms with E-state index >= 15 is 0 Å². The lowest BCUT2D eigenvalue weighted by Crippen LogP contribution is -2.31. The number of rotatable bonds is 7. The van der Waals surface area contributed by atoms with Gasteiger partial charge >= 0.3 is 0 Å². The maximum absolute atomic E-state index is 5.74. The zero-order valence-electron chi connectivity index (χ0n) is 11.9. The quantitative estimate of drug-likeness (QED) is 0.592. The summed E-state index contributed by atoms with van der Waals surface area (Å²) in [5, 5.41) is 4.15. The minimum atomic E-state index is -0.0674. The third-order valence-electron chi connectivity index (χ3n) is 3.12. The molecule has 2 aromatic rings. The number of benzene rings is 1. The number of aryl methyl sites for hydroxylation is 2. The second-order valence-corrected chi connectivity index (χ2v) is 4.61. The van der Waals surface area contributed by atoms with Crippen molar-refractivity contribution in [2.24, 2.45) is 5.84 Å². The van der Waals surface area contributed by atoms with E-state index in [4.69, 9.17) is 10.6 Å². The Morgan fingerprint density at radius 2 is 2.30 bits per heavy atom. The van der Waals surface area contributed by atoms with Crippen LogP contribution in [-0.2, 0) is 6.54 Å². The second-order valence-electron chi connectivity index (χ2n) is 4.61. The highest BCUT2D eigenvalue weighted by Crippen LogP contribution is 2.16. The minimum absolute atomic E-state index is 0.0674. The average Bonchev–Trinajstić information content (AvgIpc) is 2.92. The summed E-state index contributed by atoms with van der Waals surface area (Å²) in [5.41, 5.74) is 3.96. The van der Waals surface area contributed by atoms with Gasteiger partial charge in [-0.25, -0.2) is 15.1 Å². The van der Waals surface area contributed by atoms with Gasteiger partial charge in [0.25, 0.3) is 0 Å². The highest BCUT2D eigenvalue weighted by Gasteiger charge is 2.15. The molecule has 1 aromatic heterocycles. The van der Waals surface area contributed by atoms with Gasteiger partial charge < -0.3 is 4.74 Å². The Bertz CT molecular complexity index is 540. The molecular weight excluding hydrogens is 254 g/mol. The molecule has 0 aliphatic heterocycles. The molecule has 0 saturated heterocycles. The van der Waals surface area contributed by atoms with E-state index in [0.717, 1.165) is 24.5 Å². The monoisotopic (exact) mass is 275 g/mol. The third-order valence-corrected chi connectivity index (χ3v) is 3.12. The fourth-order valence-corrected chi connectivity index (χ4v) is 2.07. The maximum atomic E-state index is 5.74. The second kappa shape index (κ2) is 7.02. The van der Waals surface area contributed by atoms with Crippen LogP contribution in [0.5, 0.6) is 5.75 Å². The van der Waals surface area contributed by atoms with Crippen molar-refractivity contribution in [2.45, 2.75) is 32.9 Å². The molecule has 0 radical (unpaired) electrons. The number of aromatic nitrogens is 3. The predicted molar refractivity (Wildman–Crippen MR) is 77.1 cm³/mol. The SMILES string of the molecule is CCn1ncnc1C(CCOc1cccc(C)c1)NN. The van der Waals surface area contributed by atoms with Crippen molar-refractivity contribution in [3.8, 4) is 5.75 Å². The fraction of sp³-hybridized carbons (Fsp3) is 0.429. The summed E-state index contributed by atoms with van der Waals surface area (Å²) < 4.78 is 7.57. The van der Waals surface area contributed by atoms with Crippen molar-refractivity contribution in [3.05, 3.63) is 42.0 Å². The molecule has 1 unspecified atom stereocenters. The number of nitrogens with two attached hydrogens (primary N) is 1. The summed E-state index contributed by atoms with van der Waals surface area (Å²) >= 11 is 0. The first kappa shape index (κ1) is 14.5. The first-order chi connectivity index (χ1) is 9.74. The van der Waals surface area contributed by atoms with Gasteiger partial charge in [0.1, 0.15) is 17.9 Å². The molecule has 0 aliphatic carbocycles. The van der Waals surface area contributed by atoms with E-state index in [1.54, 1.807) is 6.33 Å². The van der Waals surface area contributed by atoms with Crippen molar-refractivity contribution in [1.82, 2.24) is 20.2 Å². The first-order valence-electron chi connectivity index (χ1n) is 6.78. The topological polar surface area (TPSA) is 78.0 Å². The van der Waals surface area contributed by atoms with Crippen LogP contribution in [0.3, 0.4) is 0 Å². The van der Waals surface area contributed by atoms with Gasteiger partial charge in [-0.1, -0.05) is 12.1 Å². The summed E-state index contributed by atoms with van der Waals surface area (Å²) in [7, 11) is 0. The van der Waals surface area contributed by atoms with Crippen LogP contribution in [0.2, 0.25) is 0 Å². The molecule has 1 aromatic carbocycles. The van der Waals surface area contributed by atoms with Crippen LogP contribution in [0.25, 0.3) is 0 Å². The van der Waals surface area contributed by atoms with Gasteiger partial charge in [-0.15, -0.1) is 0 Å². The van der Waals surface area contributed by atoms with Crippen LogP contribution >= 0.6 is 0 Å². The minimum Gasteiger partial charge on any atom is -0.494 e. The average molecular weight is 275 g/mol. The van der Waals surface area contributed by atoms with Crippen LogP contribution in [0.1, 0.15) is 30.8 Å². The normalized spacial score (nSPS) is 12.3. The van der Waals surface area contributed by atoms with Crippen LogP contribution < -0.4 is 16.0 Å². The summed E-state index contributed by atoms with van der Waals surface area (Å²) in [5.74, 6) is 7.31. The van der Waals surface area contributed by atoms with Gasteiger partial charge in [0.2, 0.25) is 0 Å². The predicted octanol–water partition coefficient (Wildman–Crippen LogP) is 1.58. The molecule has 108 valence electrons. The van der Waals surface area contributed by atoms with Crippen molar-refractivity contribution < 1.29 is 4.74 Å². The van der Waals surface area contributed by atoms with E-state index < -0.39 is 0 Å². The number of hydrogen-bond acceptors (Lipinski definition) is 5. The zero-order valence-corrected chi connectivity index (χ0v) is 11.9. The third kappa shape index (κ3) is 3.55. The van der Waals surface area contributed by atoms with Crippen LogP contribution in [-0.4, -0.2) is 21.4 Å². The Morgan fingerprint density at radius 3 is 3.00 bits per heavy atom. The van der Waals surface area contributed by atoms with Crippen LogP contribution in [0.15, 0.2) is 30.6 Å². The summed E-state index contributed by atoms with van der Waals surface area (Å²) in [6, 6.07) is 7.92. The zero-order chi connectivity index (χ0) is 14.4. The van der Waals surface area contributed by atoms with Gasteiger partial charge in [0.15, 0.2) is 0 Å². The smallest absolute Gasteiger partial charge is 0.145 e. The van der Waals surface area contributed by atoms with E-state index in [1.807, 2.05) is 42.8 Å². The van der Waals surface area contributed by atoms with Crippen molar-refractivity contribution in [2.75, 3.05) is 6.61 Å². The van der Waals surface area contributed by atoms with Gasteiger partial charge in [0, 0.05) is 13.0 Å². The Hall–Kier alpha value is -1.92. The molecule has 0 spiro atoms. The number of hydrazine groups is 1. The largest absolute Gasteiger partial charge is 0.494 e. The molecule has 2 rings (SSSR count). The molecule has 1 heterocycles. The maximum Gasteiger partial charge on any atom is 0.145 e. The molecule has 0 aliphatic rings. The molecule has 3 N–H and O–H groups in total. The van der Waals surface area contributed by atoms with Gasteiger partial charge in [-0.3, -0.25) is 5.84 Å². The van der Waals surface area contributed by atoms with E-state index in [2.05, 4.69) is 15.5 Å². The molecule has 6 heteroatoms. The Labute approximate surface area is 118 Å². The van der Waals surface area contributed by atoms with Crippen molar-refractivity contribution >= 4 is 0 Å². The Morgan fingerprint density at radius 1 is 1.45 bits per heavy atom. The lowest BCUT2D eigenvalue weighted by Gasteiger charge is -2.16. The summed E-state index contributed by atoms with van der Waals surface area (Å²) in [6.07, 6.45) is 2.27. The van der Waals surface area contributed by atoms with Gasteiger partial charge in [0.05, 0.1) is 12.6 Å². The molecule has 1 atom stereocenters. The number of ether oxygens (including phenoxy) is 1. The van der Waals surface area contributed by atoms with Gasteiger partial charge in [-0.2, -0.15) is 5.10 Å². The standard InChI is InChI=1S/C14H21N5O/c1-3-19-14(16-10-17-19)13(18-15)7-8-20-12-6-4-5-11(2)9-12/h4-6,9-10,13,18H,3,7-8,15H2,1-2H3. The summed E-state index contributed by atoms with van der Waals surface area (Å²) in [6.45, 7) is 5.40. The first-order valence-corrected chi connectivity index (χ1v) is 6.78. The molecule has 20 heavy (non-hydrogen) atoms. The van der Waals surface area contributed by atoms with Crippen LogP contribution in [0, 0.1) is 6.92 Å². The number of nitrogens with zero attached hydrogens (tertiary/aromatic N) is 3. The highest BCUT2D eigenvalue weighted by atomic mass is 16.5.